The van der Waals surface area contributed by atoms with Crippen molar-refractivity contribution >= 4 is 64.3 Å². The van der Waals surface area contributed by atoms with Gasteiger partial charge in [0.1, 0.15) is 0 Å². The van der Waals surface area contributed by atoms with E-state index < -0.39 is 17.7 Å². The summed E-state index contributed by atoms with van der Waals surface area (Å²) in [6, 6.07) is 11.5. The lowest BCUT2D eigenvalue weighted by Crippen LogP contribution is -2.41. The molecule has 0 fully saturated rings. The van der Waals surface area contributed by atoms with Crippen LogP contribution < -0.4 is 16.2 Å². The third-order valence-corrected chi connectivity index (χ3v) is 4.21. The molecule has 0 aliphatic heterocycles. The molecule has 0 aliphatic carbocycles. The number of nitrogens with one attached hydrogen (secondary N) is 3. The van der Waals surface area contributed by atoms with Gasteiger partial charge in [0.15, 0.2) is 0 Å². The molecule has 0 bridgehead atoms. The van der Waals surface area contributed by atoms with E-state index in [1.807, 2.05) is 0 Å². The van der Waals surface area contributed by atoms with Gasteiger partial charge in [0, 0.05) is 29.0 Å². The van der Waals surface area contributed by atoms with Gasteiger partial charge >= 0.3 is 0 Å². The first kappa shape index (κ1) is 21.8. The van der Waals surface area contributed by atoms with Crippen LogP contribution in [0.4, 0.5) is 5.69 Å². The van der Waals surface area contributed by atoms with Gasteiger partial charge in [-0.25, -0.2) is 0 Å². The van der Waals surface area contributed by atoms with Gasteiger partial charge in [-0.1, -0.05) is 46.9 Å². The molecule has 146 valence electrons. The summed E-state index contributed by atoms with van der Waals surface area (Å²) in [6.07, 6.45) is 2.64. The molecule has 3 amide bonds. The fourth-order valence-electron chi connectivity index (χ4n) is 2.01. The summed E-state index contributed by atoms with van der Waals surface area (Å²) in [6.45, 7) is 0. The number of carbonyl (C=O) groups is 3. The quantitative estimate of drug-likeness (QED) is 0.464. The van der Waals surface area contributed by atoms with E-state index in [-0.39, 0.29) is 12.8 Å². The molecular formula is C19H16Cl3N3O3. The zero-order valence-corrected chi connectivity index (χ0v) is 16.7. The highest BCUT2D eigenvalue weighted by molar-refractivity contribution is 6.36. The van der Waals surface area contributed by atoms with Crippen LogP contribution in [0.15, 0.2) is 48.5 Å². The molecular weight excluding hydrogens is 425 g/mol. The fourth-order valence-corrected chi connectivity index (χ4v) is 2.59. The smallest absolute Gasteiger partial charge is 0.262 e. The maximum Gasteiger partial charge on any atom is 0.262 e. The minimum Gasteiger partial charge on any atom is -0.325 e. The first-order chi connectivity index (χ1) is 13.3. The third-order valence-electron chi connectivity index (χ3n) is 3.41. The minimum absolute atomic E-state index is 0.0821. The topological polar surface area (TPSA) is 87.3 Å². The van der Waals surface area contributed by atoms with Gasteiger partial charge in [0.25, 0.3) is 5.91 Å². The lowest BCUT2D eigenvalue weighted by molar-refractivity contribution is -0.128. The third kappa shape index (κ3) is 7.60. The molecule has 0 spiro atoms. The van der Waals surface area contributed by atoms with Crippen molar-refractivity contribution in [3.8, 4) is 0 Å². The molecule has 9 heteroatoms. The minimum atomic E-state index is -0.513. The molecule has 0 heterocycles. The number of hydrogen-bond acceptors (Lipinski definition) is 3. The van der Waals surface area contributed by atoms with E-state index in [1.165, 1.54) is 12.1 Å². The van der Waals surface area contributed by atoms with Gasteiger partial charge in [-0.3, -0.25) is 25.2 Å². The van der Waals surface area contributed by atoms with Crippen LogP contribution in [0.25, 0.3) is 6.08 Å². The van der Waals surface area contributed by atoms with Gasteiger partial charge in [-0.15, -0.1) is 0 Å². The monoisotopic (exact) mass is 439 g/mol. The van der Waals surface area contributed by atoms with E-state index >= 15 is 0 Å². The summed E-state index contributed by atoms with van der Waals surface area (Å²) >= 11 is 17.5. The predicted molar refractivity (Wildman–Crippen MR) is 111 cm³/mol. The second-order valence-electron chi connectivity index (χ2n) is 5.59. The summed E-state index contributed by atoms with van der Waals surface area (Å²) in [5.74, 6) is -1.42. The number of anilines is 1. The summed E-state index contributed by atoms with van der Waals surface area (Å²) < 4.78 is 0. The number of hydrogen-bond donors (Lipinski definition) is 3. The van der Waals surface area contributed by atoms with Crippen molar-refractivity contribution < 1.29 is 14.4 Å². The van der Waals surface area contributed by atoms with Crippen LogP contribution in [-0.2, 0) is 14.4 Å². The van der Waals surface area contributed by atoms with Crippen LogP contribution in [0.2, 0.25) is 15.1 Å². The first-order valence-electron chi connectivity index (χ1n) is 8.11. The van der Waals surface area contributed by atoms with Gasteiger partial charge in [0.05, 0.1) is 10.7 Å². The highest BCUT2D eigenvalue weighted by Crippen LogP contribution is 2.25. The summed E-state index contributed by atoms with van der Waals surface area (Å²) in [4.78, 5) is 35.3. The Bertz CT molecular complexity index is 899. The van der Waals surface area contributed by atoms with Crippen LogP contribution in [0, 0.1) is 0 Å². The Morgan fingerprint density at radius 2 is 1.46 bits per heavy atom. The molecule has 3 N–H and O–H groups in total. The van der Waals surface area contributed by atoms with E-state index in [0.29, 0.717) is 20.8 Å². The van der Waals surface area contributed by atoms with E-state index in [4.69, 9.17) is 34.8 Å². The molecule has 6 nitrogen and oxygen atoms in total. The first-order valence-corrected chi connectivity index (χ1v) is 9.24. The van der Waals surface area contributed by atoms with Gasteiger partial charge < -0.3 is 5.32 Å². The molecule has 0 radical (unpaired) electrons. The lowest BCUT2D eigenvalue weighted by Gasteiger charge is -2.08. The SMILES string of the molecule is O=C(/C=C/c1ccc(Cl)cc1)NNC(=O)CCC(=O)Nc1ccc(Cl)cc1Cl. The molecule has 0 aromatic heterocycles. The number of hydrazine groups is 1. The van der Waals surface area contributed by atoms with E-state index in [2.05, 4.69) is 16.2 Å². The van der Waals surface area contributed by atoms with Crippen molar-refractivity contribution in [1.82, 2.24) is 10.9 Å². The molecule has 0 unspecified atom stereocenters. The highest BCUT2D eigenvalue weighted by atomic mass is 35.5. The van der Waals surface area contributed by atoms with Crippen molar-refractivity contribution in [3.63, 3.8) is 0 Å². The number of amides is 3. The van der Waals surface area contributed by atoms with Crippen LogP contribution in [-0.4, -0.2) is 17.7 Å². The molecule has 2 aromatic rings. The predicted octanol–water partition coefficient (Wildman–Crippen LogP) is 4.23. The number of rotatable bonds is 6. The van der Waals surface area contributed by atoms with Gasteiger partial charge in [-0.05, 0) is 42.0 Å². The Kier molecular flexibility index (Phi) is 8.32. The molecule has 0 saturated heterocycles. The van der Waals surface area contributed by atoms with Gasteiger partial charge in [-0.2, -0.15) is 0 Å². The van der Waals surface area contributed by atoms with Crippen LogP contribution in [0.5, 0.6) is 0 Å². The summed E-state index contributed by atoms with van der Waals surface area (Å²) in [7, 11) is 0. The molecule has 0 saturated carbocycles. The molecule has 2 rings (SSSR count). The summed E-state index contributed by atoms with van der Waals surface area (Å²) in [5.41, 5.74) is 5.65. The van der Waals surface area contributed by atoms with Crippen molar-refractivity contribution in [2.24, 2.45) is 0 Å². The maximum atomic E-state index is 11.9. The zero-order valence-electron chi connectivity index (χ0n) is 14.5. The van der Waals surface area contributed by atoms with Crippen molar-refractivity contribution in [3.05, 3.63) is 69.2 Å². The Labute approximate surface area is 176 Å². The van der Waals surface area contributed by atoms with Crippen molar-refractivity contribution in [2.45, 2.75) is 12.8 Å². The maximum absolute atomic E-state index is 11.9. The van der Waals surface area contributed by atoms with Crippen molar-refractivity contribution in [2.75, 3.05) is 5.32 Å². The van der Waals surface area contributed by atoms with Gasteiger partial charge in [0.2, 0.25) is 11.8 Å². The van der Waals surface area contributed by atoms with Crippen LogP contribution in [0.3, 0.4) is 0 Å². The van der Waals surface area contributed by atoms with E-state index in [0.717, 1.165) is 5.56 Å². The van der Waals surface area contributed by atoms with E-state index in [9.17, 15) is 14.4 Å². The standard InChI is InChI=1S/C19H16Cl3N3O3/c20-13-4-1-12(2-5-13)3-8-18(27)24-25-19(28)10-9-17(26)23-16-7-6-14(21)11-15(16)22/h1-8,11H,9-10H2,(H,23,26)(H,24,27)(H,25,28)/b8-3+. The lowest BCUT2D eigenvalue weighted by atomic mass is 10.2. The zero-order chi connectivity index (χ0) is 20.5. The van der Waals surface area contributed by atoms with Crippen LogP contribution >= 0.6 is 34.8 Å². The Morgan fingerprint density at radius 3 is 2.14 bits per heavy atom. The second-order valence-corrected chi connectivity index (χ2v) is 6.87. The number of halogens is 3. The summed E-state index contributed by atoms with van der Waals surface area (Å²) in [5, 5.41) is 3.92. The van der Waals surface area contributed by atoms with E-state index in [1.54, 1.807) is 42.5 Å². The Morgan fingerprint density at radius 1 is 0.821 bits per heavy atom. The molecule has 0 atom stereocenters. The number of benzene rings is 2. The largest absolute Gasteiger partial charge is 0.325 e. The van der Waals surface area contributed by atoms with Crippen LogP contribution in [0.1, 0.15) is 18.4 Å². The Hall–Kier alpha value is -2.54. The Balaban J connectivity index is 1.70. The fraction of sp³-hybridized carbons (Fsp3) is 0.105. The molecule has 2 aromatic carbocycles. The average molecular weight is 441 g/mol. The average Bonchev–Trinajstić information content (AvgIpc) is 2.66. The second kappa shape index (κ2) is 10.7. The molecule has 28 heavy (non-hydrogen) atoms. The number of carbonyl (C=O) groups excluding carboxylic acids is 3. The molecule has 0 aliphatic rings. The normalized spacial score (nSPS) is 10.5. The highest BCUT2D eigenvalue weighted by Gasteiger charge is 2.10. The van der Waals surface area contributed by atoms with Crippen molar-refractivity contribution in [1.29, 1.82) is 0 Å².